The molecule has 3 nitrogen and oxygen atoms in total. The largest absolute Gasteiger partial charge is 0.393 e. The molecule has 122 valence electrons. The van der Waals surface area contributed by atoms with Crippen molar-refractivity contribution in [1.29, 1.82) is 0 Å². The SMILES string of the molecule is C[C@]12CCC3=C([C@@H](O)CC4C[C@@H](O)C=C[C@]34C)[C@@H]1CC[C@@H]2O. The molecule has 0 aliphatic heterocycles. The lowest BCUT2D eigenvalue weighted by Gasteiger charge is -2.53. The quantitative estimate of drug-likeness (QED) is 0.603. The lowest BCUT2D eigenvalue weighted by molar-refractivity contribution is 0.00704. The summed E-state index contributed by atoms with van der Waals surface area (Å²) in [4.78, 5) is 0. The third kappa shape index (κ3) is 1.79. The second-order valence-electron chi connectivity index (χ2n) is 8.48. The summed E-state index contributed by atoms with van der Waals surface area (Å²) < 4.78 is 0. The Hall–Kier alpha value is -0.640. The van der Waals surface area contributed by atoms with Crippen molar-refractivity contribution in [2.24, 2.45) is 22.7 Å². The zero-order valence-electron chi connectivity index (χ0n) is 13.6. The monoisotopic (exact) mass is 304 g/mol. The molecular weight excluding hydrogens is 276 g/mol. The van der Waals surface area contributed by atoms with Crippen molar-refractivity contribution in [3.05, 3.63) is 23.3 Å². The van der Waals surface area contributed by atoms with E-state index in [-0.39, 0.29) is 29.1 Å². The van der Waals surface area contributed by atoms with Gasteiger partial charge in [0.15, 0.2) is 0 Å². The number of aliphatic hydroxyl groups is 3. The maximum atomic E-state index is 10.8. The molecule has 0 amide bonds. The molecule has 0 aromatic heterocycles. The minimum Gasteiger partial charge on any atom is -0.393 e. The van der Waals surface area contributed by atoms with E-state index in [0.29, 0.717) is 11.8 Å². The fourth-order valence-electron chi connectivity index (χ4n) is 5.98. The zero-order chi connectivity index (χ0) is 15.7. The van der Waals surface area contributed by atoms with Gasteiger partial charge in [0.2, 0.25) is 0 Å². The van der Waals surface area contributed by atoms with Crippen LogP contribution in [0.25, 0.3) is 0 Å². The topological polar surface area (TPSA) is 60.7 Å². The van der Waals surface area contributed by atoms with Gasteiger partial charge in [-0.15, -0.1) is 0 Å². The lowest BCUT2D eigenvalue weighted by Crippen LogP contribution is -2.48. The maximum absolute atomic E-state index is 10.8. The van der Waals surface area contributed by atoms with Crippen LogP contribution in [0.4, 0.5) is 0 Å². The fraction of sp³-hybridized carbons (Fsp3) is 0.789. The molecule has 3 heteroatoms. The second kappa shape index (κ2) is 4.68. The average Bonchev–Trinajstić information content (AvgIpc) is 2.77. The number of allylic oxidation sites excluding steroid dienone is 2. The molecular formula is C19H28O3. The highest BCUT2D eigenvalue weighted by Crippen LogP contribution is 2.62. The van der Waals surface area contributed by atoms with E-state index in [1.54, 1.807) is 0 Å². The van der Waals surface area contributed by atoms with Crippen molar-refractivity contribution in [2.45, 2.75) is 70.7 Å². The molecule has 0 aromatic carbocycles. The Balaban J connectivity index is 1.83. The Morgan fingerprint density at radius 2 is 1.86 bits per heavy atom. The number of aliphatic hydroxyl groups excluding tert-OH is 3. The summed E-state index contributed by atoms with van der Waals surface area (Å²) in [5.74, 6) is 0.663. The summed E-state index contributed by atoms with van der Waals surface area (Å²) in [5.41, 5.74) is 2.59. The first-order chi connectivity index (χ1) is 10.4. The van der Waals surface area contributed by atoms with E-state index < -0.39 is 0 Å². The Bertz CT molecular complexity index is 551. The zero-order valence-corrected chi connectivity index (χ0v) is 13.6. The van der Waals surface area contributed by atoms with Gasteiger partial charge in [0.05, 0.1) is 18.3 Å². The van der Waals surface area contributed by atoms with Gasteiger partial charge in [-0.25, -0.2) is 0 Å². The highest BCUT2D eigenvalue weighted by atomic mass is 16.3. The minimum absolute atomic E-state index is 0.0112. The molecule has 0 saturated heterocycles. The predicted molar refractivity (Wildman–Crippen MR) is 85.1 cm³/mol. The molecule has 0 aromatic rings. The molecule has 22 heavy (non-hydrogen) atoms. The van der Waals surface area contributed by atoms with Crippen LogP contribution < -0.4 is 0 Å². The van der Waals surface area contributed by atoms with Gasteiger partial charge in [-0.05, 0) is 55.9 Å². The molecule has 4 rings (SSSR count). The van der Waals surface area contributed by atoms with Crippen molar-refractivity contribution >= 4 is 0 Å². The van der Waals surface area contributed by atoms with Gasteiger partial charge < -0.3 is 15.3 Å². The van der Waals surface area contributed by atoms with E-state index in [9.17, 15) is 15.3 Å². The normalized spacial score (nSPS) is 54.0. The summed E-state index contributed by atoms with van der Waals surface area (Å²) in [6.07, 6.45) is 8.51. The molecule has 4 aliphatic rings. The fourth-order valence-corrected chi connectivity index (χ4v) is 5.98. The number of hydrogen-bond donors (Lipinski definition) is 3. The Kier molecular flexibility index (Phi) is 3.18. The Labute approximate surface area is 132 Å². The summed E-state index contributed by atoms with van der Waals surface area (Å²) in [5, 5.41) is 31.2. The molecule has 1 saturated carbocycles. The highest BCUT2D eigenvalue weighted by Gasteiger charge is 2.56. The highest BCUT2D eigenvalue weighted by molar-refractivity contribution is 5.40. The van der Waals surface area contributed by atoms with Gasteiger partial charge in [0.1, 0.15) is 0 Å². The van der Waals surface area contributed by atoms with Crippen molar-refractivity contribution in [3.63, 3.8) is 0 Å². The molecule has 0 heterocycles. The second-order valence-corrected chi connectivity index (χ2v) is 8.48. The van der Waals surface area contributed by atoms with E-state index in [4.69, 9.17) is 0 Å². The van der Waals surface area contributed by atoms with Crippen LogP contribution >= 0.6 is 0 Å². The van der Waals surface area contributed by atoms with Gasteiger partial charge >= 0.3 is 0 Å². The van der Waals surface area contributed by atoms with Gasteiger partial charge in [-0.1, -0.05) is 31.6 Å². The summed E-state index contributed by atoms with van der Waals surface area (Å²) in [6.45, 7) is 4.50. The van der Waals surface area contributed by atoms with E-state index >= 15 is 0 Å². The first kappa shape index (κ1) is 14.9. The molecule has 3 N–H and O–H groups in total. The minimum atomic E-state index is -0.387. The van der Waals surface area contributed by atoms with E-state index in [1.165, 1.54) is 11.1 Å². The molecule has 7 atom stereocenters. The Morgan fingerprint density at radius 3 is 2.64 bits per heavy atom. The molecule has 0 spiro atoms. The first-order valence-corrected chi connectivity index (χ1v) is 8.83. The molecule has 0 radical (unpaired) electrons. The van der Waals surface area contributed by atoms with E-state index in [1.807, 2.05) is 6.08 Å². The van der Waals surface area contributed by atoms with E-state index in [2.05, 4.69) is 19.9 Å². The first-order valence-electron chi connectivity index (χ1n) is 8.83. The number of rotatable bonds is 0. The van der Waals surface area contributed by atoms with Crippen molar-refractivity contribution in [2.75, 3.05) is 0 Å². The average molecular weight is 304 g/mol. The third-order valence-corrected chi connectivity index (χ3v) is 7.48. The van der Waals surface area contributed by atoms with Gasteiger partial charge in [-0.3, -0.25) is 0 Å². The Morgan fingerprint density at radius 1 is 1.09 bits per heavy atom. The van der Waals surface area contributed by atoms with Crippen LogP contribution in [0.3, 0.4) is 0 Å². The molecule has 1 fully saturated rings. The van der Waals surface area contributed by atoms with Crippen molar-refractivity contribution in [1.82, 2.24) is 0 Å². The van der Waals surface area contributed by atoms with Crippen LogP contribution in [-0.4, -0.2) is 33.6 Å². The van der Waals surface area contributed by atoms with Crippen LogP contribution in [0.5, 0.6) is 0 Å². The third-order valence-electron chi connectivity index (χ3n) is 7.48. The smallest absolute Gasteiger partial charge is 0.0759 e. The summed E-state index contributed by atoms with van der Waals surface area (Å²) in [7, 11) is 0. The van der Waals surface area contributed by atoms with Gasteiger partial charge in [0, 0.05) is 10.8 Å². The van der Waals surface area contributed by atoms with Gasteiger partial charge in [0.25, 0.3) is 0 Å². The summed E-state index contributed by atoms with van der Waals surface area (Å²) >= 11 is 0. The number of hydrogen-bond acceptors (Lipinski definition) is 3. The van der Waals surface area contributed by atoms with Crippen molar-refractivity contribution < 1.29 is 15.3 Å². The standard InChI is InChI=1S/C19H28O3/c1-18-7-5-12(20)9-11(18)10-15(21)17-13-3-4-16(22)19(13,2)8-6-14(17)18/h5,7,11-13,15-16,20-22H,3-4,6,8-10H2,1-2H3/t11?,12-,13-,15-,16-,18-,19-/m0/s1. The van der Waals surface area contributed by atoms with Crippen LogP contribution in [0.15, 0.2) is 23.3 Å². The van der Waals surface area contributed by atoms with Crippen LogP contribution in [0.1, 0.15) is 52.4 Å². The summed E-state index contributed by atoms with van der Waals surface area (Å²) in [6, 6.07) is 0. The van der Waals surface area contributed by atoms with E-state index in [0.717, 1.165) is 38.5 Å². The van der Waals surface area contributed by atoms with Crippen LogP contribution in [0, 0.1) is 22.7 Å². The van der Waals surface area contributed by atoms with Crippen molar-refractivity contribution in [3.8, 4) is 0 Å². The van der Waals surface area contributed by atoms with Gasteiger partial charge in [-0.2, -0.15) is 0 Å². The number of fused-ring (bicyclic) bond motifs is 4. The van der Waals surface area contributed by atoms with Crippen LogP contribution in [0.2, 0.25) is 0 Å². The van der Waals surface area contributed by atoms with Crippen LogP contribution in [-0.2, 0) is 0 Å². The molecule has 1 unspecified atom stereocenters. The molecule has 0 bridgehead atoms. The maximum Gasteiger partial charge on any atom is 0.0759 e. The molecule has 4 aliphatic carbocycles. The lowest BCUT2D eigenvalue weighted by atomic mass is 9.52. The predicted octanol–water partition coefficient (Wildman–Crippen LogP) is 2.56.